The average molecular weight is 350 g/mol. The molecule has 0 bridgehead atoms. The summed E-state index contributed by atoms with van der Waals surface area (Å²) in [5, 5.41) is 3.61. The van der Waals surface area contributed by atoms with E-state index < -0.39 is 12.5 Å². The first-order valence-corrected chi connectivity index (χ1v) is 7.48. The molecule has 0 saturated heterocycles. The molecular formula is C14H18BrF2NO2. The predicted octanol–water partition coefficient (Wildman–Crippen LogP) is 3.83. The number of ether oxygens (including phenoxy) is 1. The van der Waals surface area contributed by atoms with Gasteiger partial charge in [0.25, 0.3) is 5.91 Å². The van der Waals surface area contributed by atoms with Gasteiger partial charge >= 0.3 is 6.61 Å². The molecule has 20 heavy (non-hydrogen) atoms. The van der Waals surface area contributed by atoms with Crippen molar-refractivity contribution >= 4 is 21.8 Å². The maximum Gasteiger partial charge on any atom is 0.387 e. The van der Waals surface area contributed by atoms with E-state index in [2.05, 4.69) is 26.0 Å². The number of amides is 1. The maximum absolute atomic E-state index is 12.3. The molecule has 112 valence electrons. The maximum atomic E-state index is 12.3. The molecule has 0 fully saturated rings. The van der Waals surface area contributed by atoms with Crippen LogP contribution < -0.4 is 10.1 Å². The Morgan fingerprint density at radius 1 is 1.35 bits per heavy atom. The molecule has 1 atom stereocenters. The van der Waals surface area contributed by atoms with E-state index >= 15 is 0 Å². The van der Waals surface area contributed by atoms with Gasteiger partial charge in [0, 0.05) is 11.4 Å². The van der Waals surface area contributed by atoms with E-state index in [-0.39, 0.29) is 23.3 Å². The van der Waals surface area contributed by atoms with Gasteiger partial charge in [-0.3, -0.25) is 4.79 Å². The highest BCUT2D eigenvalue weighted by Crippen LogP contribution is 2.21. The summed E-state index contributed by atoms with van der Waals surface area (Å²) in [5.41, 5.74) is 0.119. The number of hydrogen-bond acceptors (Lipinski definition) is 2. The third-order valence-electron chi connectivity index (χ3n) is 2.89. The van der Waals surface area contributed by atoms with E-state index in [0.29, 0.717) is 0 Å². The summed E-state index contributed by atoms with van der Waals surface area (Å²) in [5.74, 6) is -0.262. The number of rotatable bonds is 7. The normalized spacial score (nSPS) is 12.6. The molecule has 0 radical (unpaired) electrons. The Bertz CT molecular complexity index is 441. The molecular weight excluding hydrogens is 332 g/mol. The van der Waals surface area contributed by atoms with Crippen molar-refractivity contribution in [3.8, 4) is 5.75 Å². The minimum absolute atomic E-state index is 0.0264. The third kappa shape index (κ3) is 5.07. The van der Waals surface area contributed by atoms with Gasteiger partial charge in [-0.15, -0.1) is 0 Å². The summed E-state index contributed by atoms with van der Waals surface area (Å²) in [6.45, 7) is 1.04. The van der Waals surface area contributed by atoms with Crippen molar-refractivity contribution in [1.82, 2.24) is 5.32 Å². The number of benzene rings is 1. The third-order valence-corrected chi connectivity index (χ3v) is 3.35. The molecule has 0 spiro atoms. The average Bonchev–Trinajstić information content (AvgIpc) is 2.37. The predicted molar refractivity (Wildman–Crippen MR) is 77.6 cm³/mol. The Kier molecular flexibility index (Phi) is 6.91. The molecule has 1 unspecified atom stereocenters. The Morgan fingerprint density at radius 3 is 2.55 bits per heavy atom. The lowest BCUT2D eigenvalue weighted by atomic mass is 10.0. The molecule has 1 aromatic rings. The van der Waals surface area contributed by atoms with Crippen LogP contribution in [0, 0.1) is 5.92 Å². The highest BCUT2D eigenvalue weighted by Gasteiger charge is 2.20. The van der Waals surface area contributed by atoms with Crippen LogP contribution in [0.15, 0.2) is 24.3 Å². The number of hydrogen-bond donors (Lipinski definition) is 1. The van der Waals surface area contributed by atoms with Crippen LogP contribution >= 0.6 is 15.9 Å². The molecule has 0 aromatic heterocycles. The number of para-hydroxylation sites is 1. The van der Waals surface area contributed by atoms with E-state index in [4.69, 9.17) is 0 Å². The topological polar surface area (TPSA) is 38.3 Å². The fraction of sp³-hybridized carbons (Fsp3) is 0.500. The Morgan fingerprint density at radius 2 is 2.00 bits per heavy atom. The first-order chi connectivity index (χ1) is 9.45. The monoisotopic (exact) mass is 349 g/mol. The second kappa shape index (κ2) is 8.19. The van der Waals surface area contributed by atoms with Crippen molar-refractivity contribution < 1.29 is 18.3 Å². The Hall–Kier alpha value is -1.17. The fourth-order valence-electron chi connectivity index (χ4n) is 1.79. The molecule has 0 aliphatic rings. The van der Waals surface area contributed by atoms with Gasteiger partial charge in [0.05, 0.1) is 5.56 Å². The number of carbonyl (C=O) groups excluding carboxylic acids is 1. The van der Waals surface area contributed by atoms with Crippen LogP contribution in [-0.4, -0.2) is 23.9 Å². The van der Waals surface area contributed by atoms with Crippen molar-refractivity contribution in [2.75, 3.05) is 5.33 Å². The molecule has 0 heterocycles. The molecule has 6 heteroatoms. The summed E-state index contributed by atoms with van der Waals surface area (Å²) >= 11 is 3.34. The highest BCUT2D eigenvalue weighted by atomic mass is 79.9. The van der Waals surface area contributed by atoms with Crippen molar-refractivity contribution in [3.05, 3.63) is 29.8 Å². The van der Waals surface area contributed by atoms with Crippen molar-refractivity contribution in [2.45, 2.75) is 32.9 Å². The van der Waals surface area contributed by atoms with Crippen LogP contribution in [0.3, 0.4) is 0 Å². The van der Waals surface area contributed by atoms with Gasteiger partial charge in [0.15, 0.2) is 0 Å². The van der Waals surface area contributed by atoms with Gasteiger partial charge in [-0.2, -0.15) is 8.78 Å². The first kappa shape index (κ1) is 16.9. The zero-order chi connectivity index (χ0) is 15.1. The second-order valence-electron chi connectivity index (χ2n) is 4.68. The summed E-state index contributed by atoms with van der Waals surface area (Å²) in [6.07, 6.45) is 0.765. The van der Waals surface area contributed by atoms with E-state index in [1.54, 1.807) is 12.1 Å². The summed E-state index contributed by atoms with van der Waals surface area (Å²) in [6, 6.07) is 5.96. The lowest BCUT2D eigenvalue weighted by Gasteiger charge is -2.22. The van der Waals surface area contributed by atoms with Crippen molar-refractivity contribution in [3.63, 3.8) is 0 Å². The van der Waals surface area contributed by atoms with Crippen molar-refractivity contribution in [2.24, 2.45) is 5.92 Å². The van der Waals surface area contributed by atoms with E-state index in [0.717, 1.165) is 11.8 Å². The second-order valence-corrected chi connectivity index (χ2v) is 5.47. The van der Waals surface area contributed by atoms with Gasteiger partial charge in [-0.25, -0.2) is 0 Å². The van der Waals surface area contributed by atoms with Gasteiger partial charge in [-0.1, -0.05) is 41.9 Å². The Labute approximate surface area is 125 Å². The summed E-state index contributed by atoms with van der Waals surface area (Å²) in [4.78, 5) is 12.2. The summed E-state index contributed by atoms with van der Waals surface area (Å²) in [7, 11) is 0. The minimum atomic E-state index is -2.95. The largest absolute Gasteiger partial charge is 0.434 e. The van der Waals surface area contributed by atoms with Crippen LogP contribution in [0.2, 0.25) is 0 Å². The van der Waals surface area contributed by atoms with Crippen molar-refractivity contribution in [1.29, 1.82) is 0 Å². The molecule has 1 aromatic carbocycles. The van der Waals surface area contributed by atoms with Gasteiger partial charge in [-0.05, 0) is 24.5 Å². The number of carbonyl (C=O) groups is 1. The zero-order valence-corrected chi connectivity index (χ0v) is 13.0. The van der Waals surface area contributed by atoms with Gasteiger partial charge in [0.1, 0.15) is 5.75 Å². The standard InChI is InChI=1S/C14H18BrF2NO2/c1-9(2)11(7-8-15)18-13(19)10-5-3-4-6-12(10)20-14(16)17/h3-6,9,11,14H,7-8H2,1-2H3,(H,18,19). The quantitative estimate of drug-likeness (QED) is 0.759. The minimum Gasteiger partial charge on any atom is -0.434 e. The Balaban J connectivity index is 2.85. The number of alkyl halides is 3. The number of halogens is 3. The molecule has 0 aliphatic carbocycles. The molecule has 1 N–H and O–H groups in total. The van der Waals surface area contributed by atoms with E-state index in [1.165, 1.54) is 12.1 Å². The van der Waals surface area contributed by atoms with Gasteiger partial charge < -0.3 is 10.1 Å². The van der Waals surface area contributed by atoms with Crippen LogP contribution in [0.5, 0.6) is 5.75 Å². The van der Waals surface area contributed by atoms with Crippen LogP contribution in [0.25, 0.3) is 0 Å². The fourth-order valence-corrected chi connectivity index (χ4v) is 2.28. The molecule has 3 nitrogen and oxygen atoms in total. The smallest absolute Gasteiger partial charge is 0.387 e. The SMILES string of the molecule is CC(C)C(CCBr)NC(=O)c1ccccc1OC(F)F. The number of nitrogens with one attached hydrogen (secondary N) is 1. The molecule has 0 aliphatic heterocycles. The molecule has 1 rings (SSSR count). The lowest BCUT2D eigenvalue weighted by Crippen LogP contribution is -2.39. The van der Waals surface area contributed by atoms with E-state index in [1.807, 2.05) is 13.8 Å². The first-order valence-electron chi connectivity index (χ1n) is 6.36. The lowest BCUT2D eigenvalue weighted by molar-refractivity contribution is -0.0501. The summed E-state index contributed by atoms with van der Waals surface area (Å²) < 4.78 is 29.0. The zero-order valence-electron chi connectivity index (χ0n) is 11.4. The van der Waals surface area contributed by atoms with Crippen LogP contribution in [-0.2, 0) is 0 Å². The van der Waals surface area contributed by atoms with Gasteiger partial charge in [0.2, 0.25) is 0 Å². The van der Waals surface area contributed by atoms with Crippen LogP contribution in [0.1, 0.15) is 30.6 Å². The molecule has 0 saturated carbocycles. The molecule has 1 amide bonds. The van der Waals surface area contributed by atoms with E-state index in [9.17, 15) is 13.6 Å². The van der Waals surface area contributed by atoms with Crippen LogP contribution in [0.4, 0.5) is 8.78 Å². The highest BCUT2D eigenvalue weighted by molar-refractivity contribution is 9.09.